The molecule has 0 spiro atoms. The smallest absolute Gasteiger partial charge is 0.0351 e. The lowest BCUT2D eigenvalue weighted by atomic mass is 9.80. The highest BCUT2D eigenvalue weighted by atomic mass is 15.2. The Labute approximate surface area is 108 Å². The van der Waals surface area contributed by atoms with Crippen molar-refractivity contribution >= 4 is 0 Å². The summed E-state index contributed by atoms with van der Waals surface area (Å²) in [7, 11) is 4.41. The van der Waals surface area contributed by atoms with E-state index in [0.717, 1.165) is 13.0 Å². The molecule has 0 aliphatic rings. The van der Waals surface area contributed by atoms with E-state index in [9.17, 15) is 0 Å². The molecular formula is C15H32N2. The van der Waals surface area contributed by atoms with Crippen molar-refractivity contribution < 1.29 is 0 Å². The van der Waals surface area contributed by atoms with Gasteiger partial charge in [-0.15, -0.1) is 6.58 Å². The maximum absolute atomic E-state index is 4.02. The molecule has 0 aliphatic carbocycles. The zero-order valence-corrected chi connectivity index (χ0v) is 12.8. The van der Waals surface area contributed by atoms with E-state index < -0.39 is 0 Å². The third kappa shape index (κ3) is 4.44. The normalized spacial score (nSPS) is 14.1. The van der Waals surface area contributed by atoms with Crippen molar-refractivity contribution in [1.82, 2.24) is 10.2 Å². The van der Waals surface area contributed by atoms with Gasteiger partial charge in [0.15, 0.2) is 0 Å². The summed E-state index contributed by atoms with van der Waals surface area (Å²) in [6, 6.07) is 0.550. The van der Waals surface area contributed by atoms with E-state index in [0.29, 0.717) is 6.04 Å². The van der Waals surface area contributed by atoms with Crippen LogP contribution in [0, 0.1) is 0 Å². The van der Waals surface area contributed by atoms with Crippen molar-refractivity contribution in [2.24, 2.45) is 0 Å². The maximum Gasteiger partial charge on any atom is 0.0351 e. The number of rotatable bonds is 9. The number of allylic oxidation sites excluding steroid dienone is 1. The van der Waals surface area contributed by atoms with Crippen molar-refractivity contribution in [3.8, 4) is 0 Å². The van der Waals surface area contributed by atoms with Gasteiger partial charge in [0.05, 0.1) is 0 Å². The van der Waals surface area contributed by atoms with Crippen LogP contribution in [0.3, 0.4) is 0 Å². The molecule has 17 heavy (non-hydrogen) atoms. The molecule has 102 valence electrons. The molecule has 0 aromatic heterocycles. The Morgan fingerprint density at radius 2 is 1.76 bits per heavy atom. The Hall–Kier alpha value is -0.340. The Bertz CT molecular complexity index is 217. The van der Waals surface area contributed by atoms with E-state index in [2.05, 4.69) is 58.6 Å². The van der Waals surface area contributed by atoms with Gasteiger partial charge in [-0.2, -0.15) is 0 Å². The minimum Gasteiger partial charge on any atom is -0.312 e. The van der Waals surface area contributed by atoms with Crippen molar-refractivity contribution in [3.63, 3.8) is 0 Å². The van der Waals surface area contributed by atoms with Gasteiger partial charge >= 0.3 is 0 Å². The van der Waals surface area contributed by atoms with Gasteiger partial charge < -0.3 is 10.2 Å². The van der Waals surface area contributed by atoms with Crippen molar-refractivity contribution in [1.29, 1.82) is 0 Å². The second-order valence-corrected chi connectivity index (χ2v) is 5.31. The van der Waals surface area contributed by atoms with Gasteiger partial charge in [0.25, 0.3) is 0 Å². The second-order valence-electron chi connectivity index (χ2n) is 5.31. The Morgan fingerprint density at radius 1 is 1.24 bits per heavy atom. The Kier molecular flexibility index (Phi) is 7.73. The summed E-state index contributed by atoms with van der Waals surface area (Å²) in [4.78, 5) is 2.40. The Balaban J connectivity index is 4.87. The topological polar surface area (TPSA) is 15.3 Å². The lowest BCUT2D eigenvalue weighted by Gasteiger charge is -2.45. The van der Waals surface area contributed by atoms with Crippen molar-refractivity contribution in [2.75, 3.05) is 20.6 Å². The third-order valence-electron chi connectivity index (χ3n) is 4.07. The monoisotopic (exact) mass is 240 g/mol. The fraction of sp³-hybridized carbons (Fsp3) is 0.867. The number of hydrogen-bond acceptors (Lipinski definition) is 2. The molecule has 0 aromatic rings. The number of nitrogens with zero attached hydrogens (tertiary/aromatic N) is 1. The Morgan fingerprint density at radius 3 is 2.06 bits per heavy atom. The summed E-state index contributed by atoms with van der Waals surface area (Å²) in [5.74, 6) is 0. The van der Waals surface area contributed by atoms with Gasteiger partial charge in [-0.1, -0.05) is 26.3 Å². The fourth-order valence-corrected chi connectivity index (χ4v) is 2.88. The van der Waals surface area contributed by atoms with E-state index in [1.807, 2.05) is 0 Å². The highest BCUT2D eigenvalue weighted by Gasteiger charge is 2.36. The van der Waals surface area contributed by atoms with Crippen molar-refractivity contribution in [2.45, 2.75) is 65.0 Å². The molecule has 0 aromatic carbocycles. The van der Waals surface area contributed by atoms with Crippen LogP contribution in [-0.4, -0.2) is 37.1 Å². The van der Waals surface area contributed by atoms with Crippen LogP contribution in [0.4, 0.5) is 0 Å². The van der Waals surface area contributed by atoms with E-state index in [1.54, 1.807) is 0 Å². The number of hydrogen-bond donors (Lipinski definition) is 1. The van der Waals surface area contributed by atoms with E-state index >= 15 is 0 Å². The molecule has 0 saturated heterocycles. The van der Waals surface area contributed by atoms with E-state index in [4.69, 9.17) is 0 Å². The standard InChI is InChI=1S/C15H32N2/c1-8-15(9-2,17(6)7)14(16-10-3)12-11-13(4)5/h14,16H,4,8-12H2,1-3,5-7H3. The summed E-state index contributed by atoms with van der Waals surface area (Å²) in [6.45, 7) is 14.0. The molecule has 0 bridgehead atoms. The van der Waals surface area contributed by atoms with Crippen LogP contribution in [0.2, 0.25) is 0 Å². The van der Waals surface area contributed by atoms with Crippen LogP contribution >= 0.6 is 0 Å². The van der Waals surface area contributed by atoms with Gasteiger partial charge in [-0.05, 0) is 53.2 Å². The maximum atomic E-state index is 4.02. The first kappa shape index (κ1) is 16.7. The minimum absolute atomic E-state index is 0.269. The van der Waals surface area contributed by atoms with Crippen molar-refractivity contribution in [3.05, 3.63) is 12.2 Å². The largest absolute Gasteiger partial charge is 0.312 e. The number of nitrogens with one attached hydrogen (secondary N) is 1. The summed E-state index contributed by atoms with van der Waals surface area (Å²) in [6.07, 6.45) is 4.67. The van der Waals surface area contributed by atoms with Crippen LogP contribution in [0.5, 0.6) is 0 Å². The molecule has 2 heteroatoms. The molecule has 2 nitrogen and oxygen atoms in total. The molecule has 0 heterocycles. The lowest BCUT2D eigenvalue weighted by molar-refractivity contribution is 0.0850. The van der Waals surface area contributed by atoms with Gasteiger partial charge in [0.2, 0.25) is 0 Å². The van der Waals surface area contributed by atoms with Gasteiger partial charge in [-0.25, -0.2) is 0 Å². The first-order chi connectivity index (χ1) is 7.94. The second kappa shape index (κ2) is 7.88. The summed E-state index contributed by atoms with van der Waals surface area (Å²) in [5, 5.41) is 3.68. The van der Waals surface area contributed by atoms with E-state index in [-0.39, 0.29) is 5.54 Å². The van der Waals surface area contributed by atoms with Crippen LogP contribution < -0.4 is 5.32 Å². The van der Waals surface area contributed by atoms with Crippen LogP contribution in [0.15, 0.2) is 12.2 Å². The van der Waals surface area contributed by atoms with E-state index in [1.165, 1.54) is 24.8 Å². The predicted octanol–water partition coefficient (Wildman–Crippen LogP) is 3.44. The molecule has 1 unspecified atom stereocenters. The molecule has 0 aliphatic heterocycles. The highest BCUT2D eigenvalue weighted by molar-refractivity contribution is 4.99. The zero-order valence-electron chi connectivity index (χ0n) is 12.8. The molecule has 1 atom stereocenters. The molecule has 0 radical (unpaired) electrons. The predicted molar refractivity (Wildman–Crippen MR) is 78.5 cm³/mol. The quantitative estimate of drug-likeness (QED) is 0.621. The summed E-state index contributed by atoms with van der Waals surface area (Å²) >= 11 is 0. The zero-order chi connectivity index (χ0) is 13.5. The van der Waals surface area contributed by atoms with Crippen LogP contribution in [-0.2, 0) is 0 Å². The highest BCUT2D eigenvalue weighted by Crippen LogP contribution is 2.29. The first-order valence-corrected chi connectivity index (χ1v) is 6.99. The third-order valence-corrected chi connectivity index (χ3v) is 4.07. The minimum atomic E-state index is 0.269. The molecule has 0 rings (SSSR count). The molecule has 0 saturated carbocycles. The number of likely N-dealkylation sites (N-methyl/N-ethyl adjacent to an activating group) is 2. The average Bonchev–Trinajstić information content (AvgIpc) is 2.27. The molecule has 1 N–H and O–H groups in total. The molecular weight excluding hydrogens is 208 g/mol. The average molecular weight is 240 g/mol. The van der Waals surface area contributed by atoms with Crippen LogP contribution in [0.1, 0.15) is 53.4 Å². The first-order valence-electron chi connectivity index (χ1n) is 6.99. The SMILES string of the molecule is C=C(C)CCC(NCC)C(CC)(CC)N(C)C. The molecule has 0 fully saturated rings. The van der Waals surface area contributed by atoms with Gasteiger partial charge in [0.1, 0.15) is 0 Å². The lowest BCUT2D eigenvalue weighted by Crippen LogP contribution is -2.58. The summed E-state index contributed by atoms with van der Waals surface area (Å²) < 4.78 is 0. The molecule has 0 amide bonds. The van der Waals surface area contributed by atoms with Crippen LogP contribution in [0.25, 0.3) is 0 Å². The van der Waals surface area contributed by atoms with Gasteiger partial charge in [-0.3, -0.25) is 0 Å². The van der Waals surface area contributed by atoms with Gasteiger partial charge in [0, 0.05) is 11.6 Å². The fourth-order valence-electron chi connectivity index (χ4n) is 2.88. The summed E-state index contributed by atoms with van der Waals surface area (Å²) in [5.41, 5.74) is 1.55.